The van der Waals surface area contributed by atoms with Gasteiger partial charge >= 0.3 is 0 Å². The van der Waals surface area contributed by atoms with Gasteiger partial charge in [0, 0.05) is 11.6 Å². The molecule has 18 heavy (non-hydrogen) atoms. The second-order valence-corrected chi connectivity index (χ2v) is 4.24. The van der Waals surface area contributed by atoms with Crippen molar-refractivity contribution >= 4 is 17.4 Å². The van der Waals surface area contributed by atoms with Crippen LogP contribution in [0.15, 0.2) is 48.7 Å². The molecule has 1 aromatic carbocycles. The molecule has 0 saturated heterocycles. The predicted molar refractivity (Wildman–Crippen MR) is 72.1 cm³/mol. The lowest BCUT2D eigenvalue weighted by Crippen LogP contribution is -1.98. The van der Waals surface area contributed by atoms with Gasteiger partial charge in [0.1, 0.15) is 5.65 Å². The van der Waals surface area contributed by atoms with E-state index in [1.54, 1.807) is 10.8 Å². The van der Waals surface area contributed by atoms with Crippen LogP contribution in [0.4, 0.5) is 0 Å². The zero-order chi connectivity index (χ0) is 12.5. The Kier molecular flexibility index (Phi) is 2.45. The number of hydrogen-bond acceptors (Lipinski definition) is 2. The van der Waals surface area contributed by atoms with E-state index in [-0.39, 0.29) is 0 Å². The van der Waals surface area contributed by atoms with E-state index in [0.717, 1.165) is 28.6 Å². The van der Waals surface area contributed by atoms with Crippen LogP contribution >= 0.6 is 0 Å². The van der Waals surface area contributed by atoms with Gasteiger partial charge in [0.05, 0.1) is 5.69 Å². The lowest BCUT2D eigenvalue weighted by Gasteiger charge is -2.01. The van der Waals surface area contributed by atoms with E-state index in [2.05, 4.69) is 4.98 Å². The highest BCUT2D eigenvalue weighted by atomic mass is 16.1. The van der Waals surface area contributed by atoms with Gasteiger partial charge < -0.3 is 0 Å². The number of fused-ring (bicyclic) bond motifs is 1. The van der Waals surface area contributed by atoms with Gasteiger partial charge in [-0.15, -0.1) is 0 Å². The smallest absolute Gasteiger partial charge is 0.219 e. The standard InChI is InChI=1S/C15H12N2O/c1-11-7-8-16-15-13(11)9-14(17(15)10-18)12-5-3-2-4-6-12/h2-10H,1H3. The molecule has 0 aliphatic heterocycles. The molecule has 0 fully saturated rings. The summed E-state index contributed by atoms with van der Waals surface area (Å²) in [5, 5.41) is 1.02. The van der Waals surface area contributed by atoms with Gasteiger partial charge in [-0.2, -0.15) is 0 Å². The van der Waals surface area contributed by atoms with E-state index in [1.165, 1.54) is 0 Å². The Bertz CT molecular complexity index is 714. The minimum Gasteiger partial charge on any atom is -0.278 e. The van der Waals surface area contributed by atoms with Gasteiger partial charge in [-0.05, 0) is 30.2 Å². The molecule has 2 heterocycles. The van der Waals surface area contributed by atoms with Crippen molar-refractivity contribution in [2.45, 2.75) is 6.92 Å². The third kappa shape index (κ3) is 1.52. The van der Waals surface area contributed by atoms with Crippen LogP contribution in [0.2, 0.25) is 0 Å². The fraction of sp³-hybridized carbons (Fsp3) is 0.0667. The summed E-state index contributed by atoms with van der Waals surface area (Å²) >= 11 is 0. The Morgan fingerprint density at radius 1 is 1.17 bits per heavy atom. The molecule has 3 nitrogen and oxygen atoms in total. The van der Waals surface area contributed by atoms with Gasteiger partial charge in [0.25, 0.3) is 0 Å². The molecule has 0 aliphatic rings. The van der Waals surface area contributed by atoms with Crippen molar-refractivity contribution in [3.8, 4) is 11.3 Å². The first kappa shape index (κ1) is 10.7. The number of nitrogens with zero attached hydrogens (tertiary/aromatic N) is 2. The number of aromatic nitrogens is 2. The lowest BCUT2D eigenvalue weighted by molar-refractivity contribution is 0.549. The first-order chi connectivity index (χ1) is 8.81. The van der Waals surface area contributed by atoms with E-state index < -0.39 is 0 Å². The summed E-state index contributed by atoms with van der Waals surface area (Å²) in [7, 11) is 0. The summed E-state index contributed by atoms with van der Waals surface area (Å²) in [5.74, 6) is 0. The minimum absolute atomic E-state index is 0.712. The fourth-order valence-electron chi connectivity index (χ4n) is 2.18. The molecule has 0 atom stereocenters. The third-order valence-corrected chi connectivity index (χ3v) is 3.13. The van der Waals surface area contributed by atoms with Crippen molar-refractivity contribution in [1.29, 1.82) is 0 Å². The number of rotatable bonds is 2. The Morgan fingerprint density at radius 3 is 2.67 bits per heavy atom. The Balaban J connectivity index is 2.37. The van der Waals surface area contributed by atoms with Crippen LogP contribution in [-0.4, -0.2) is 16.0 Å². The molecule has 0 spiro atoms. The van der Waals surface area contributed by atoms with Crippen LogP contribution in [0.1, 0.15) is 5.56 Å². The normalized spacial score (nSPS) is 10.7. The first-order valence-corrected chi connectivity index (χ1v) is 5.78. The Morgan fingerprint density at radius 2 is 1.94 bits per heavy atom. The van der Waals surface area contributed by atoms with Crippen molar-refractivity contribution in [3.63, 3.8) is 0 Å². The van der Waals surface area contributed by atoms with Gasteiger partial charge in [-0.25, -0.2) is 4.98 Å². The Labute approximate surface area is 105 Å². The van der Waals surface area contributed by atoms with Crippen LogP contribution in [0, 0.1) is 6.92 Å². The topological polar surface area (TPSA) is 34.9 Å². The molecule has 0 aliphatic carbocycles. The van der Waals surface area contributed by atoms with Gasteiger partial charge in [-0.1, -0.05) is 30.3 Å². The van der Waals surface area contributed by atoms with Crippen molar-refractivity contribution in [2.24, 2.45) is 0 Å². The Hall–Kier alpha value is -2.42. The van der Waals surface area contributed by atoms with E-state index in [9.17, 15) is 4.79 Å². The van der Waals surface area contributed by atoms with Crippen molar-refractivity contribution in [2.75, 3.05) is 0 Å². The van der Waals surface area contributed by atoms with Crippen molar-refractivity contribution in [3.05, 3.63) is 54.2 Å². The molecule has 88 valence electrons. The quantitative estimate of drug-likeness (QED) is 0.641. The van der Waals surface area contributed by atoms with E-state index in [4.69, 9.17) is 0 Å². The summed E-state index contributed by atoms with van der Waals surface area (Å²) in [5.41, 5.74) is 3.73. The fourth-order valence-corrected chi connectivity index (χ4v) is 2.18. The second kappa shape index (κ2) is 4.11. The van der Waals surface area contributed by atoms with Crippen LogP contribution < -0.4 is 0 Å². The molecular formula is C15H12N2O. The summed E-state index contributed by atoms with van der Waals surface area (Å²) in [6.07, 6.45) is 2.55. The van der Waals surface area contributed by atoms with E-state index >= 15 is 0 Å². The molecule has 0 bridgehead atoms. The summed E-state index contributed by atoms with van der Waals surface area (Å²) in [6, 6.07) is 13.8. The van der Waals surface area contributed by atoms with Crippen molar-refractivity contribution < 1.29 is 4.79 Å². The SMILES string of the molecule is Cc1ccnc2c1cc(-c1ccccc1)n2C=O. The van der Waals surface area contributed by atoms with Gasteiger partial charge in [0.2, 0.25) is 6.41 Å². The molecule has 0 saturated carbocycles. The molecule has 0 unspecified atom stereocenters. The molecule has 0 N–H and O–H groups in total. The van der Waals surface area contributed by atoms with Gasteiger partial charge in [0.15, 0.2) is 0 Å². The first-order valence-electron chi connectivity index (χ1n) is 5.78. The highest BCUT2D eigenvalue weighted by molar-refractivity contribution is 5.92. The number of carbonyl (C=O) groups is 1. The number of pyridine rings is 1. The summed E-state index contributed by atoms with van der Waals surface area (Å²) < 4.78 is 1.59. The predicted octanol–water partition coefficient (Wildman–Crippen LogP) is 3.05. The summed E-state index contributed by atoms with van der Waals surface area (Å²) in [6.45, 7) is 2.02. The molecule has 0 radical (unpaired) electrons. The molecule has 3 heteroatoms. The number of hydrogen-bond donors (Lipinski definition) is 0. The molecule has 3 rings (SSSR count). The van der Waals surface area contributed by atoms with E-state index in [0.29, 0.717) is 5.65 Å². The third-order valence-electron chi connectivity index (χ3n) is 3.13. The van der Waals surface area contributed by atoms with Crippen LogP contribution in [-0.2, 0) is 4.79 Å². The van der Waals surface area contributed by atoms with Crippen LogP contribution in [0.25, 0.3) is 22.3 Å². The zero-order valence-electron chi connectivity index (χ0n) is 10.00. The van der Waals surface area contributed by atoms with Crippen LogP contribution in [0.5, 0.6) is 0 Å². The number of aryl methyl sites for hydroxylation is 1. The zero-order valence-corrected chi connectivity index (χ0v) is 10.00. The number of carbonyl (C=O) groups excluding carboxylic acids is 1. The summed E-state index contributed by atoms with van der Waals surface area (Å²) in [4.78, 5) is 15.6. The maximum absolute atomic E-state index is 11.3. The lowest BCUT2D eigenvalue weighted by atomic mass is 10.1. The highest BCUT2D eigenvalue weighted by Gasteiger charge is 2.11. The average Bonchev–Trinajstić information content (AvgIpc) is 2.80. The molecular weight excluding hydrogens is 224 g/mol. The highest BCUT2D eigenvalue weighted by Crippen LogP contribution is 2.27. The monoisotopic (exact) mass is 236 g/mol. The van der Waals surface area contributed by atoms with Crippen LogP contribution in [0.3, 0.4) is 0 Å². The minimum atomic E-state index is 0.712. The molecule has 2 aromatic heterocycles. The maximum Gasteiger partial charge on any atom is 0.219 e. The molecule has 0 amide bonds. The molecule has 3 aromatic rings. The average molecular weight is 236 g/mol. The van der Waals surface area contributed by atoms with Crippen molar-refractivity contribution in [1.82, 2.24) is 9.55 Å². The maximum atomic E-state index is 11.3. The largest absolute Gasteiger partial charge is 0.278 e. The number of benzene rings is 1. The van der Waals surface area contributed by atoms with Gasteiger partial charge in [-0.3, -0.25) is 9.36 Å². The second-order valence-electron chi connectivity index (χ2n) is 4.24. The van der Waals surface area contributed by atoms with E-state index in [1.807, 2.05) is 49.4 Å².